The Morgan fingerprint density at radius 3 is 2.59 bits per heavy atom. The first kappa shape index (κ1) is 14.3. The Hall–Kier alpha value is -0.760. The van der Waals surface area contributed by atoms with Crippen LogP contribution in [0.5, 0.6) is 0 Å². The van der Waals surface area contributed by atoms with E-state index in [0.717, 1.165) is 0 Å². The highest BCUT2D eigenvalue weighted by atomic mass is 32.2. The molecular formula is C9H18N4O2S2. The number of hydrogen-bond acceptors (Lipinski definition) is 6. The Labute approximate surface area is 106 Å². The molecule has 0 saturated carbocycles. The summed E-state index contributed by atoms with van der Waals surface area (Å²) >= 11 is 1.37. The van der Waals surface area contributed by atoms with Gasteiger partial charge in [-0.15, -0.1) is 10.2 Å². The Bertz CT molecular complexity index is 467. The maximum Gasteiger partial charge on any atom is 0.222 e. The summed E-state index contributed by atoms with van der Waals surface area (Å²) in [4.78, 5) is 0. The molecule has 1 rings (SSSR count). The van der Waals surface area contributed by atoms with Crippen LogP contribution in [-0.4, -0.2) is 40.4 Å². The molecule has 17 heavy (non-hydrogen) atoms. The van der Waals surface area contributed by atoms with E-state index in [2.05, 4.69) is 10.2 Å². The second-order valence-electron chi connectivity index (χ2n) is 3.89. The second kappa shape index (κ2) is 5.72. The van der Waals surface area contributed by atoms with Crippen LogP contribution in [0.15, 0.2) is 5.16 Å². The molecule has 8 heteroatoms. The zero-order valence-electron chi connectivity index (χ0n) is 10.3. The molecule has 0 spiro atoms. The Balaban J connectivity index is 2.65. The summed E-state index contributed by atoms with van der Waals surface area (Å²) in [6.45, 7) is 5.60. The van der Waals surface area contributed by atoms with Crippen molar-refractivity contribution < 1.29 is 8.42 Å². The summed E-state index contributed by atoms with van der Waals surface area (Å²) in [6, 6.07) is 0.162. The number of nitrogens with zero attached hydrogens (tertiary/aromatic N) is 3. The van der Waals surface area contributed by atoms with Crippen LogP contribution in [0.4, 0.5) is 5.95 Å². The number of sulfone groups is 1. The van der Waals surface area contributed by atoms with Gasteiger partial charge in [-0.1, -0.05) is 18.7 Å². The molecule has 6 nitrogen and oxygen atoms in total. The van der Waals surface area contributed by atoms with Crippen molar-refractivity contribution in [1.29, 1.82) is 0 Å². The molecule has 1 heterocycles. The molecule has 1 aromatic rings. The quantitative estimate of drug-likeness (QED) is 0.780. The molecule has 0 aromatic carbocycles. The van der Waals surface area contributed by atoms with E-state index in [0.29, 0.717) is 16.9 Å². The lowest BCUT2D eigenvalue weighted by Gasteiger charge is -2.10. The first-order valence-electron chi connectivity index (χ1n) is 5.41. The van der Waals surface area contributed by atoms with Gasteiger partial charge in [0.1, 0.15) is 0 Å². The molecule has 0 aliphatic rings. The van der Waals surface area contributed by atoms with Crippen LogP contribution in [0, 0.1) is 0 Å². The van der Waals surface area contributed by atoms with Gasteiger partial charge in [0.2, 0.25) is 5.95 Å². The van der Waals surface area contributed by atoms with E-state index in [-0.39, 0.29) is 17.5 Å². The predicted octanol–water partition coefficient (Wildman–Crippen LogP) is 0.968. The van der Waals surface area contributed by atoms with Crippen molar-refractivity contribution in [2.24, 2.45) is 0 Å². The molecule has 0 aliphatic carbocycles. The highest BCUT2D eigenvalue weighted by Gasteiger charge is 2.14. The largest absolute Gasteiger partial charge is 0.368 e. The maximum absolute atomic E-state index is 11.3. The van der Waals surface area contributed by atoms with Crippen LogP contribution in [0.3, 0.4) is 0 Å². The first-order valence-corrected chi connectivity index (χ1v) is 8.21. The summed E-state index contributed by atoms with van der Waals surface area (Å²) in [6.07, 6.45) is 0. The van der Waals surface area contributed by atoms with Gasteiger partial charge in [0, 0.05) is 17.5 Å². The number of aromatic nitrogens is 3. The zero-order valence-corrected chi connectivity index (χ0v) is 11.9. The summed E-state index contributed by atoms with van der Waals surface area (Å²) in [5.74, 6) is 1.16. The summed E-state index contributed by atoms with van der Waals surface area (Å²) in [5.41, 5.74) is 5.68. The van der Waals surface area contributed by atoms with Gasteiger partial charge in [-0.2, -0.15) is 0 Å². The van der Waals surface area contributed by atoms with Gasteiger partial charge >= 0.3 is 0 Å². The minimum absolute atomic E-state index is 0.152. The minimum atomic E-state index is -2.93. The molecule has 0 atom stereocenters. The third-order valence-electron chi connectivity index (χ3n) is 2.27. The highest BCUT2D eigenvalue weighted by molar-refractivity contribution is 8.00. The number of rotatable bonds is 6. The Kier molecular flexibility index (Phi) is 4.81. The molecule has 0 amide bonds. The van der Waals surface area contributed by atoms with Gasteiger partial charge in [0.05, 0.1) is 5.75 Å². The van der Waals surface area contributed by atoms with Crippen molar-refractivity contribution in [3.8, 4) is 0 Å². The van der Waals surface area contributed by atoms with Crippen LogP contribution in [-0.2, 0) is 9.84 Å². The average Bonchev–Trinajstić information content (AvgIpc) is 2.59. The standard InChI is InChI=1S/C9H18N4O2S2/c1-4-17(14,15)6-5-16-9-12-11-8(10)13(9)7(2)3/h7H,4-6H2,1-3H3,(H2,10,11). The van der Waals surface area contributed by atoms with E-state index in [1.807, 2.05) is 13.8 Å². The second-order valence-corrected chi connectivity index (χ2v) is 7.42. The molecule has 0 fully saturated rings. The molecule has 0 unspecified atom stereocenters. The van der Waals surface area contributed by atoms with E-state index >= 15 is 0 Å². The molecule has 0 bridgehead atoms. The summed E-state index contributed by atoms with van der Waals surface area (Å²) in [5, 5.41) is 8.40. The van der Waals surface area contributed by atoms with Gasteiger partial charge in [-0.25, -0.2) is 8.42 Å². The predicted molar refractivity (Wildman–Crippen MR) is 69.9 cm³/mol. The van der Waals surface area contributed by atoms with Crippen molar-refractivity contribution >= 4 is 27.5 Å². The molecule has 98 valence electrons. The van der Waals surface area contributed by atoms with Crippen molar-refractivity contribution in [3.05, 3.63) is 0 Å². The third kappa shape index (κ3) is 3.88. The fraction of sp³-hybridized carbons (Fsp3) is 0.778. The van der Waals surface area contributed by atoms with Gasteiger partial charge in [0.15, 0.2) is 15.0 Å². The maximum atomic E-state index is 11.3. The topological polar surface area (TPSA) is 90.9 Å². The lowest BCUT2D eigenvalue weighted by Crippen LogP contribution is -2.12. The van der Waals surface area contributed by atoms with E-state index < -0.39 is 9.84 Å². The van der Waals surface area contributed by atoms with Gasteiger partial charge < -0.3 is 5.73 Å². The van der Waals surface area contributed by atoms with E-state index in [9.17, 15) is 8.42 Å². The molecular weight excluding hydrogens is 260 g/mol. The van der Waals surface area contributed by atoms with Crippen molar-refractivity contribution in [2.75, 3.05) is 23.0 Å². The molecule has 0 saturated heterocycles. The normalized spacial score (nSPS) is 12.2. The lowest BCUT2D eigenvalue weighted by molar-refractivity contribution is 0.557. The van der Waals surface area contributed by atoms with Crippen molar-refractivity contribution in [3.63, 3.8) is 0 Å². The number of anilines is 1. The zero-order chi connectivity index (χ0) is 13.1. The first-order chi connectivity index (χ1) is 7.87. The van der Waals surface area contributed by atoms with Gasteiger partial charge in [-0.05, 0) is 13.8 Å². The van der Waals surface area contributed by atoms with Gasteiger partial charge in [-0.3, -0.25) is 4.57 Å². The van der Waals surface area contributed by atoms with Crippen LogP contribution in [0.1, 0.15) is 26.8 Å². The van der Waals surface area contributed by atoms with Crippen LogP contribution in [0.2, 0.25) is 0 Å². The van der Waals surface area contributed by atoms with Gasteiger partial charge in [0.25, 0.3) is 0 Å². The number of hydrogen-bond donors (Lipinski definition) is 1. The number of thioether (sulfide) groups is 1. The van der Waals surface area contributed by atoms with Crippen molar-refractivity contribution in [1.82, 2.24) is 14.8 Å². The lowest BCUT2D eigenvalue weighted by atomic mass is 10.4. The number of nitrogens with two attached hydrogens (primary N) is 1. The summed E-state index contributed by atoms with van der Waals surface area (Å²) < 4.78 is 24.5. The van der Waals surface area contributed by atoms with Crippen LogP contribution in [0.25, 0.3) is 0 Å². The molecule has 0 radical (unpaired) electrons. The van der Waals surface area contributed by atoms with Crippen molar-refractivity contribution in [2.45, 2.75) is 32.0 Å². The van der Waals surface area contributed by atoms with E-state index in [4.69, 9.17) is 5.73 Å². The minimum Gasteiger partial charge on any atom is -0.368 e. The number of nitrogen functional groups attached to an aromatic ring is 1. The van der Waals surface area contributed by atoms with E-state index in [1.54, 1.807) is 11.5 Å². The SMILES string of the molecule is CCS(=O)(=O)CCSc1nnc(N)n1C(C)C. The molecule has 0 aliphatic heterocycles. The fourth-order valence-corrected chi connectivity index (χ4v) is 3.64. The Morgan fingerprint density at radius 2 is 2.06 bits per heavy atom. The average molecular weight is 278 g/mol. The third-order valence-corrected chi connectivity index (χ3v) is 5.18. The highest BCUT2D eigenvalue weighted by Crippen LogP contribution is 2.22. The summed E-state index contributed by atoms with van der Waals surface area (Å²) in [7, 11) is -2.93. The Morgan fingerprint density at radius 1 is 1.41 bits per heavy atom. The fourth-order valence-electron chi connectivity index (χ4n) is 1.28. The van der Waals surface area contributed by atoms with E-state index in [1.165, 1.54) is 11.8 Å². The monoisotopic (exact) mass is 278 g/mol. The molecule has 1 aromatic heterocycles. The van der Waals surface area contributed by atoms with Crippen LogP contribution >= 0.6 is 11.8 Å². The smallest absolute Gasteiger partial charge is 0.222 e. The molecule has 2 N–H and O–H groups in total. The van der Waals surface area contributed by atoms with Crippen LogP contribution < -0.4 is 5.73 Å².